The average molecular weight is 244 g/mol. The van der Waals surface area contributed by atoms with Gasteiger partial charge in [0.25, 0.3) is 0 Å². The first-order chi connectivity index (χ1) is 8.74. The monoisotopic (exact) mass is 244 g/mol. The fourth-order valence-corrected chi connectivity index (χ4v) is 1.68. The molecule has 1 heterocycles. The van der Waals surface area contributed by atoms with Crippen LogP contribution in [-0.2, 0) is 11.2 Å². The molecule has 0 bridgehead atoms. The first-order valence-corrected chi connectivity index (χ1v) is 5.97. The third-order valence-electron chi connectivity index (χ3n) is 2.59. The van der Waals surface area contributed by atoms with Crippen LogP contribution in [0.4, 0.5) is 0 Å². The van der Waals surface area contributed by atoms with Gasteiger partial charge in [-0.15, -0.1) is 0 Å². The molecule has 1 aromatic heterocycles. The molecule has 0 saturated carbocycles. The average Bonchev–Trinajstić information content (AvgIpc) is 2.82. The lowest BCUT2D eigenvalue weighted by atomic mass is 10.2. The minimum Gasteiger partial charge on any atom is -0.493 e. The third-order valence-corrected chi connectivity index (χ3v) is 2.59. The summed E-state index contributed by atoms with van der Waals surface area (Å²) in [7, 11) is 0. The van der Waals surface area contributed by atoms with Gasteiger partial charge in [0, 0.05) is 6.42 Å². The predicted molar refractivity (Wildman–Crippen MR) is 68.7 cm³/mol. The van der Waals surface area contributed by atoms with Gasteiger partial charge in [0.15, 0.2) is 0 Å². The van der Waals surface area contributed by atoms with E-state index in [0.717, 1.165) is 11.3 Å². The number of ketones is 1. The number of Topliss-reactive ketones (excluding diaryl/α,β-unsaturated/α-hetero) is 1. The first kappa shape index (κ1) is 12.4. The maximum Gasteiger partial charge on any atom is 0.143 e. The molecule has 0 atom stereocenters. The van der Waals surface area contributed by atoms with E-state index in [1.165, 1.54) is 0 Å². The molecule has 0 radical (unpaired) electrons. The zero-order valence-electron chi connectivity index (χ0n) is 10.4. The number of aryl methyl sites for hydroxylation is 1. The summed E-state index contributed by atoms with van der Waals surface area (Å²) in [6.07, 6.45) is 2.31. The van der Waals surface area contributed by atoms with Crippen LogP contribution in [0.3, 0.4) is 0 Å². The molecule has 0 fully saturated rings. The number of benzene rings is 1. The van der Waals surface area contributed by atoms with E-state index in [1.807, 2.05) is 31.2 Å². The minimum atomic E-state index is 0.123. The number of hydrogen-bond acceptors (Lipinski definition) is 3. The Hall–Kier alpha value is -2.03. The molecular weight excluding hydrogens is 228 g/mol. The normalized spacial score (nSPS) is 10.3. The van der Waals surface area contributed by atoms with Crippen LogP contribution in [0.2, 0.25) is 0 Å². The quantitative estimate of drug-likeness (QED) is 0.783. The predicted octanol–water partition coefficient (Wildman–Crippen LogP) is 3.17. The van der Waals surface area contributed by atoms with Crippen molar-refractivity contribution < 1.29 is 13.9 Å². The number of furan rings is 1. The van der Waals surface area contributed by atoms with Crippen LogP contribution in [0.25, 0.3) is 0 Å². The lowest BCUT2D eigenvalue weighted by Gasteiger charge is -2.05. The van der Waals surface area contributed by atoms with Crippen LogP contribution < -0.4 is 4.74 Å². The van der Waals surface area contributed by atoms with E-state index < -0.39 is 0 Å². The summed E-state index contributed by atoms with van der Waals surface area (Å²) in [5, 5.41) is 0. The van der Waals surface area contributed by atoms with Gasteiger partial charge in [-0.05, 0) is 36.8 Å². The fourth-order valence-electron chi connectivity index (χ4n) is 1.68. The second-order valence-corrected chi connectivity index (χ2v) is 4.21. The first-order valence-electron chi connectivity index (χ1n) is 5.97. The van der Waals surface area contributed by atoms with Gasteiger partial charge in [-0.1, -0.05) is 12.1 Å². The molecule has 3 heteroatoms. The van der Waals surface area contributed by atoms with Crippen LogP contribution >= 0.6 is 0 Å². The number of carbonyl (C=O) groups is 1. The third kappa shape index (κ3) is 3.77. The van der Waals surface area contributed by atoms with Crippen LogP contribution in [0, 0.1) is 6.92 Å². The summed E-state index contributed by atoms with van der Waals surface area (Å²) in [4.78, 5) is 11.6. The van der Waals surface area contributed by atoms with Crippen molar-refractivity contribution >= 4 is 5.78 Å². The summed E-state index contributed by atoms with van der Waals surface area (Å²) in [5.74, 6) is 1.63. The van der Waals surface area contributed by atoms with Gasteiger partial charge in [-0.3, -0.25) is 4.79 Å². The highest BCUT2D eigenvalue weighted by Crippen LogP contribution is 2.12. The molecule has 3 nitrogen and oxygen atoms in total. The smallest absolute Gasteiger partial charge is 0.143 e. The fraction of sp³-hybridized carbons (Fsp3) is 0.267. The van der Waals surface area contributed by atoms with Crippen molar-refractivity contribution in [3.63, 3.8) is 0 Å². The summed E-state index contributed by atoms with van der Waals surface area (Å²) in [6.45, 7) is 2.41. The molecule has 18 heavy (non-hydrogen) atoms. The Balaban J connectivity index is 1.73. The van der Waals surface area contributed by atoms with Crippen molar-refractivity contribution in [1.82, 2.24) is 0 Å². The van der Waals surface area contributed by atoms with Gasteiger partial charge in [-0.25, -0.2) is 0 Å². The molecular formula is C15H16O3. The highest BCUT2D eigenvalue weighted by atomic mass is 16.5. The van der Waals surface area contributed by atoms with Crippen LogP contribution in [-0.4, -0.2) is 12.4 Å². The molecule has 2 aromatic rings. The summed E-state index contributed by atoms with van der Waals surface area (Å²) in [5.41, 5.74) is 1.15. The molecule has 1 aromatic carbocycles. The Morgan fingerprint density at radius 2 is 2.17 bits per heavy atom. The van der Waals surface area contributed by atoms with Crippen molar-refractivity contribution in [3.8, 4) is 5.75 Å². The van der Waals surface area contributed by atoms with Crippen LogP contribution in [0.15, 0.2) is 47.1 Å². The van der Waals surface area contributed by atoms with Crippen LogP contribution in [0.1, 0.15) is 17.7 Å². The van der Waals surface area contributed by atoms with Crippen molar-refractivity contribution in [2.75, 3.05) is 6.61 Å². The summed E-state index contributed by atoms with van der Waals surface area (Å²) >= 11 is 0. The van der Waals surface area contributed by atoms with E-state index in [1.54, 1.807) is 18.4 Å². The topological polar surface area (TPSA) is 39.4 Å². The lowest BCUT2D eigenvalue weighted by molar-refractivity contribution is -0.119. The largest absolute Gasteiger partial charge is 0.493 e. The molecule has 0 unspecified atom stereocenters. The Kier molecular flexibility index (Phi) is 4.18. The van der Waals surface area contributed by atoms with Crippen LogP contribution in [0.5, 0.6) is 5.75 Å². The summed E-state index contributed by atoms with van der Waals surface area (Å²) < 4.78 is 10.6. The van der Waals surface area contributed by atoms with E-state index >= 15 is 0 Å². The van der Waals surface area contributed by atoms with E-state index in [0.29, 0.717) is 25.2 Å². The van der Waals surface area contributed by atoms with Gasteiger partial charge >= 0.3 is 0 Å². The molecule has 94 valence electrons. The van der Waals surface area contributed by atoms with Gasteiger partial charge in [-0.2, -0.15) is 0 Å². The van der Waals surface area contributed by atoms with E-state index in [2.05, 4.69) is 0 Å². The second-order valence-electron chi connectivity index (χ2n) is 4.21. The Morgan fingerprint density at radius 3 is 2.89 bits per heavy atom. The number of carbonyl (C=O) groups excluding carboxylic acids is 1. The maximum absolute atomic E-state index is 11.6. The molecule has 0 amide bonds. The van der Waals surface area contributed by atoms with Crippen molar-refractivity contribution in [1.29, 1.82) is 0 Å². The Labute approximate surface area is 106 Å². The molecule has 0 aliphatic heterocycles. The number of ether oxygens (including phenoxy) is 1. The van der Waals surface area contributed by atoms with E-state index in [9.17, 15) is 4.79 Å². The van der Waals surface area contributed by atoms with E-state index in [4.69, 9.17) is 9.15 Å². The summed E-state index contributed by atoms with van der Waals surface area (Å²) in [6, 6.07) is 11.4. The second kappa shape index (κ2) is 6.05. The molecule has 0 aliphatic carbocycles. The van der Waals surface area contributed by atoms with E-state index in [-0.39, 0.29) is 5.78 Å². The van der Waals surface area contributed by atoms with Crippen molar-refractivity contribution in [2.24, 2.45) is 0 Å². The van der Waals surface area contributed by atoms with Gasteiger partial charge in [0.2, 0.25) is 0 Å². The molecule has 0 aliphatic rings. The lowest BCUT2D eigenvalue weighted by Crippen LogP contribution is -2.08. The van der Waals surface area contributed by atoms with Crippen molar-refractivity contribution in [2.45, 2.75) is 19.8 Å². The molecule has 0 N–H and O–H groups in total. The number of hydrogen-bond donors (Lipinski definition) is 0. The molecule has 0 saturated heterocycles. The SMILES string of the molecule is Cc1cccc(OCCC(=O)Cc2ccco2)c1. The van der Waals surface area contributed by atoms with Crippen molar-refractivity contribution in [3.05, 3.63) is 54.0 Å². The number of rotatable bonds is 6. The highest BCUT2D eigenvalue weighted by molar-refractivity contribution is 5.80. The Morgan fingerprint density at radius 1 is 1.28 bits per heavy atom. The zero-order valence-corrected chi connectivity index (χ0v) is 10.4. The standard InChI is InChI=1S/C15H16O3/c1-12-4-2-5-14(10-12)18-9-7-13(16)11-15-6-3-8-17-15/h2-6,8,10H,7,9,11H2,1H3. The molecule has 2 rings (SSSR count). The zero-order chi connectivity index (χ0) is 12.8. The van der Waals surface area contributed by atoms with Gasteiger partial charge < -0.3 is 9.15 Å². The Bertz CT molecular complexity index is 500. The van der Waals surface area contributed by atoms with Gasteiger partial charge in [0.05, 0.1) is 19.3 Å². The minimum absolute atomic E-state index is 0.123. The maximum atomic E-state index is 11.6. The highest BCUT2D eigenvalue weighted by Gasteiger charge is 2.06. The molecule has 0 spiro atoms. The van der Waals surface area contributed by atoms with Gasteiger partial charge in [0.1, 0.15) is 17.3 Å².